The molecule has 5 rings (SSSR count). The van der Waals surface area contributed by atoms with Gasteiger partial charge >= 0.3 is 0 Å². The first-order valence-corrected chi connectivity index (χ1v) is 15.4. The van der Waals surface area contributed by atoms with Crippen LogP contribution in [0.4, 0.5) is 4.39 Å². The van der Waals surface area contributed by atoms with E-state index in [-0.39, 0.29) is 11.7 Å². The van der Waals surface area contributed by atoms with Crippen molar-refractivity contribution in [1.29, 1.82) is 0 Å². The zero-order valence-electron chi connectivity index (χ0n) is 24.0. The number of rotatable bonds is 9. The number of nitrogens with two attached hydrogens (primary N) is 1. The van der Waals surface area contributed by atoms with Gasteiger partial charge in [0.15, 0.2) is 11.6 Å². The van der Waals surface area contributed by atoms with Crippen molar-refractivity contribution in [2.45, 2.75) is 96.4 Å². The topological polar surface area (TPSA) is 72.6 Å². The van der Waals surface area contributed by atoms with Crippen molar-refractivity contribution < 1.29 is 18.7 Å². The lowest BCUT2D eigenvalue weighted by atomic mass is 9.66. The molecule has 0 aromatic heterocycles. The van der Waals surface area contributed by atoms with E-state index in [0.717, 1.165) is 36.3 Å². The number of halogens is 1. The van der Waals surface area contributed by atoms with Gasteiger partial charge in [-0.05, 0) is 110 Å². The molecule has 0 bridgehead atoms. The second kappa shape index (κ2) is 12.7. The van der Waals surface area contributed by atoms with Crippen LogP contribution in [0.5, 0.6) is 5.75 Å². The van der Waals surface area contributed by atoms with E-state index in [4.69, 9.17) is 10.5 Å². The van der Waals surface area contributed by atoms with Crippen LogP contribution in [0, 0.1) is 23.1 Å². The summed E-state index contributed by atoms with van der Waals surface area (Å²) < 4.78 is 21.0. The van der Waals surface area contributed by atoms with Crippen molar-refractivity contribution in [3.05, 3.63) is 53.8 Å². The van der Waals surface area contributed by atoms with Gasteiger partial charge in [-0.2, -0.15) is 0 Å². The van der Waals surface area contributed by atoms with Crippen LogP contribution in [0.2, 0.25) is 0 Å². The van der Waals surface area contributed by atoms with E-state index in [0.29, 0.717) is 42.2 Å². The number of piperidine rings is 1. The zero-order chi connectivity index (χ0) is 28.1. The first kappa shape index (κ1) is 28.6. The number of hydrogen-bond donors (Lipinski definition) is 1. The lowest BCUT2D eigenvalue weighted by Gasteiger charge is -2.39. The number of likely N-dealkylation sites (tertiary alicyclic amines) is 1. The Labute approximate surface area is 238 Å². The van der Waals surface area contributed by atoms with Gasteiger partial charge in [0, 0.05) is 12.1 Å². The maximum absolute atomic E-state index is 15.0. The maximum atomic E-state index is 15.0. The molecule has 3 atom stereocenters. The van der Waals surface area contributed by atoms with Crippen LogP contribution in [0.25, 0.3) is 11.1 Å². The first-order valence-electron chi connectivity index (χ1n) is 15.4. The van der Waals surface area contributed by atoms with Crippen LogP contribution in [0.3, 0.4) is 0 Å². The van der Waals surface area contributed by atoms with Crippen LogP contribution in [-0.2, 0) is 4.79 Å². The Morgan fingerprint density at radius 2 is 1.65 bits per heavy atom. The Kier molecular flexibility index (Phi) is 9.12. The third kappa shape index (κ3) is 6.87. The number of carbonyl (C=O) groups is 2. The molecule has 1 saturated heterocycles. The van der Waals surface area contributed by atoms with Crippen LogP contribution < -0.4 is 10.5 Å². The fourth-order valence-electron chi connectivity index (χ4n) is 6.94. The van der Waals surface area contributed by atoms with Crippen molar-refractivity contribution in [1.82, 2.24) is 4.90 Å². The Morgan fingerprint density at radius 3 is 2.35 bits per heavy atom. The van der Waals surface area contributed by atoms with Gasteiger partial charge in [0.2, 0.25) is 5.91 Å². The number of hydrogen-bond acceptors (Lipinski definition) is 3. The third-order valence-corrected chi connectivity index (χ3v) is 9.89. The summed E-state index contributed by atoms with van der Waals surface area (Å²) in [4.78, 5) is 26.4. The fourth-order valence-corrected chi connectivity index (χ4v) is 6.94. The smallest absolute Gasteiger partial charge is 0.254 e. The van der Waals surface area contributed by atoms with E-state index in [2.05, 4.69) is 6.92 Å². The summed E-state index contributed by atoms with van der Waals surface area (Å²) in [5.41, 5.74) is 8.19. The lowest BCUT2D eigenvalue weighted by molar-refractivity contribution is -0.123. The van der Waals surface area contributed by atoms with Crippen molar-refractivity contribution in [2.24, 2.45) is 23.0 Å². The number of ether oxygens (including phenoxy) is 1. The SMILES string of the molecule is CC1(CCC2CCCC(COc3ccc(-c4ccc(C(=O)N5CCCC[C@@H]5C(N)=O)cc4)cc3F)CC2)CCC1. The molecule has 1 aliphatic heterocycles. The molecular weight excluding hydrogens is 503 g/mol. The summed E-state index contributed by atoms with van der Waals surface area (Å²) in [5.74, 6) is 0.612. The van der Waals surface area contributed by atoms with E-state index in [1.54, 1.807) is 23.1 Å². The van der Waals surface area contributed by atoms with E-state index in [1.807, 2.05) is 18.2 Å². The molecule has 0 spiro atoms. The molecule has 2 aromatic rings. The van der Waals surface area contributed by atoms with Gasteiger partial charge in [-0.15, -0.1) is 0 Å². The highest BCUT2D eigenvalue weighted by Gasteiger charge is 2.33. The molecule has 2 N–H and O–H groups in total. The van der Waals surface area contributed by atoms with Gasteiger partial charge in [0.1, 0.15) is 6.04 Å². The molecule has 2 saturated carbocycles. The molecule has 5 nitrogen and oxygen atoms in total. The number of carbonyl (C=O) groups excluding carboxylic acids is 2. The second-order valence-electron chi connectivity index (χ2n) is 12.9. The van der Waals surface area contributed by atoms with Gasteiger partial charge in [0.05, 0.1) is 6.61 Å². The molecule has 2 aromatic carbocycles. The van der Waals surface area contributed by atoms with Crippen LogP contribution >= 0.6 is 0 Å². The van der Waals surface area contributed by atoms with Crippen molar-refractivity contribution in [3.8, 4) is 16.9 Å². The number of benzene rings is 2. The number of nitrogens with zero attached hydrogens (tertiary/aromatic N) is 1. The van der Waals surface area contributed by atoms with E-state index in [9.17, 15) is 9.59 Å². The Bertz CT molecular complexity index is 1180. The third-order valence-electron chi connectivity index (χ3n) is 9.89. The largest absolute Gasteiger partial charge is 0.490 e. The number of primary amides is 1. The normalized spacial score (nSPS) is 24.6. The summed E-state index contributed by atoms with van der Waals surface area (Å²) in [7, 11) is 0. The quantitative estimate of drug-likeness (QED) is 0.330. The molecule has 40 heavy (non-hydrogen) atoms. The fraction of sp³-hybridized carbons (Fsp3) is 0.588. The van der Waals surface area contributed by atoms with Crippen molar-refractivity contribution in [2.75, 3.05) is 13.2 Å². The molecule has 2 aliphatic carbocycles. The highest BCUT2D eigenvalue weighted by atomic mass is 19.1. The van der Waals surface area contributed by atoms with Gasteiger partial charge in [-0.1, -0.05) is 50.8 Å². The van der Waals surface area contributed by atoms with E-state index >= 15 is 4.39 Å². The Hall–Kier alpha value is -2.89. The average molecular weight is 549 g/mol. The summed E-state index contributed by atoms with van der Waals surface area (Å²) in [6, 6.07) is 11.6. The second-order valence-corrected chi connectivity index (χ2v) is 12.9. The molecule has 0 radical (unpaired) electrons. The molecule has 3 aliphatic rings. The summed E-state index contributed by atoms with van der Waals surface area (Å²) >= 11 is 0. The minimum Gasteiger partial charge on any atom is -0.490 e. The predicted octanol–water partition coefficient (Wildman–Crippen LogP) is 7.52. The Morgan fingerprint density at radius 1 is 0.925 bits per heavy atom. The van der Waals surface area contributed by atoms with Crippen molar-refractivity contribution in [3.63, 3.8) is 0 Å². The molecule has 3 fully saturated rings. The molecule has 2 unspecified atom stereocenters. The average Bonchev–Trinajstić information content (AvgIpc) is 3.19. The minimum atomic E-state index is -0.553. The molecule has 6 heteroatoms. The van der Waals surface area contributed by atoms with Crippen LogP contribution in [0.15, 0.2) is 42.5 Å². The van der Waals surface area contributed by atoms with Gasteiger partial charge < -0.3 is 15.4 Å². The zero-order valence-corrected chi connectivity index (χ0v) is 24.0. The highest BCUT2D eigenvalue weighted by Crippen LogP contribution is 2.46. The van der Waals surface area contributed by atoms with Crippen molar-refractivity contribution >= 4 is 11.8 Å². The Balaban J connectivity index is 1.13. The van der Waals surface area contributed by atoms with Crippen LogP contribution in [-0.4, -0.2) is 35.9 Å². The predicted molar refractivity (Wildman–Crippen MR) is 156 cm³/mol. The highest BCUT2D eigenvalue weighted by molar-refractivity contribution is 5.97. The van der Waals surface area contributed by atoms with Crippen LogP contribution in [0.1, 0.15) is 101 Å². The first-order chi connectivity index (χ1) is 19.3. The van der Waals surface area contributed by atoms with Gasteiger partial charge in [0.25, 0.3) is 5.91 Å². The van der Waals surface area contributed by atoms with Gasteiger partial charge in [-0.3, -0.25) is 9.59 Å². The maximum Gasteiger partial charge on any atom is 0.254 e. The number of amides is 2. The molecule has 2 amide bonds. The monoisotopic (exact) mass is 548 g/mol. The van der Waals surface area contributed by atoms with E-state index in [1.165, 1.54) is 63.9 Å². The van der Waals surface area contributed by atoms with Gasteiger partial charge in [-0.25, -0.2) is 4.39 Å². The lowest BCUT2D eigenvalue weighted by Crippen LogP contribution is -2.50. The minimum absolute atomic E-state index is 0.192. The molecule has 1 heterocycles. The summed E-state index contributed by atoms with van der Waals surface area (Å²) in [6.07, 6.45) is 15.5. The summed E-state index contributed by atoms with van der Waals surface area (Å²) in [6.45, 7) is 3.56. The molecular formula is C34H45FN2O3. The van der Waals surface area contributed by atoms with E-state index < -0.39 is 11.9 Å². The standard InChI is InChI=1S/C34H45FN2O3/c1-34(18-5-19-34)20-17-24-6-4-7-25(10-9-24)23-40-31-16-15-28(22-29(31)35)26-11-13-27(14-12-26)33(39)37-21-3-2-8-30(37)32(36)38/h11-16,22,24-25,30H,2-10,17-21,23H2,1H3,(H2,36,38)/t24?,25?,30-/m1/s1. The summed E-state index contributed by atoms with van der Waals surface area (Å²) in [5, 5.41) is 0. The molecule has 216 valence electrons.